The standard InChI is InChI=1S/C26H48N4O3/c1-33-22-12-8-19(9-13-22)20-16-28-26(29-17-20)30-21-10-6-18(7-11-21)14-15-27-24-5-3-2-4-23(24)25(31)32/h18-24,26-30H,2-17H2,1H3,(H,31,32)/t18?,19?,20?,21?,22?,23-,24+,26?/m1/s1. The number of carboxylic acid groups (broad SMARTS) is 1. The molecule has 7 nitrogen and oxygen atoms in total. The number of nitrogens with one attached hydrogen (secondary N) is 4. The Hall–Kier alpha value is -0.730. The van der Waals surface area contributed by atoms with E-state index < -0.39 is 5.97 Å². The second kappa shape index (κ2) is 12.8. The number of carboxylic acids is 1. The molecule has 4 rings (SSSR count). The van der Waals surface area contributed by atoms with Gasteiger partial charge in [-0.05, 0) is 94.9 Å². The van der Waals surface area contributed by atoms with Crippen molar-refractivity contribution in [2.24, 2.45) is 23.7 Å². The minimum Gasteiger partial charge on any atom is -0.481 e. The maximum absolute atomic E-state index is 11.5. The molecule has 4 aliphatic rings. The second-order valence-electron chi connectivity index (χ2n) is 11.2. The van der Waals surface area contributed by atoms with Crippen LogP contribution in [0.25, 0.3) is 0 Å². The van der Waals surface area contributed by atoms with Crippen LogP contribution in [-0.2, 0) is 9.53 Å². The fraction of sp³-hybridized carbons (Fsp3) is 0.962. The van der Waals surface area contributed by atoms with Crippen LogP contribution in [0.3, 0.4) is 0 Å². The lowest BCUT2D eigenvalue weighted by Crippen LogP contribution is -2.63. The Balaban J connectivity index is 1.07. The van der Waals surface area contributed by atoms with Gasteiger partial charge in [-0.2, -0.15) is 0 Å². The average molecular weight is 465 g/mol. The van der Waals surface area contributed by atoms with Gasteiger partial charge in [-0.1, -0.05) is 12.8 Å². The summed E-state index contributed by atoms with van der Waals surface area (Å²) in [4.78, 5) is 11.5. The third kappa shape index (κ3) is 7.38. The summed E-state index contributed by atoms with van der Waals surface area (Å²) in [6.07, 6.45) is 16.1. The van der Waals surface area contributed by atoms with Gasteiger partial charge < -0.3 is 15.2 Å². The molecule has 0 aromatic carbocycles. The highest BCUT2D eigenvalue weighted by Crippen LogP contribution is 2.32. The van der Waals surface area contributed by atoms with Crippen LogP contribution in [0.15, 0.2) is 0 Å². The highest BCUT2D eigenvalue weighted by molar-refractivity contribution is 5.71. The molecule has 0 bridgehead atoms. The zero-order valence-corrected chi connectivity index (χ0v) is 20.7. The van der Waals surface area contributed by atoms with Crippen LogP contribution >= 0.6 is 0 Å². The van der Waals surface area contributed by atoms with Crippen molar-refractivity contribution < 1.29 is 14.6 Å². The van der Waals surface area contributed by atoms with Crippen molar-refractivity contribution in [3.63, 3.8) is 0 Å². The van der Waals surface area contributed by atoms with Crippen molar-refractivity contribution in [1.29, 1.82) is 0 Å². The third-order valence-corrected chi connectivity index (χ3v) is 9.18. The Morgan fingerprint density at radius 3 is 2.27 bits per heavy atom. The first-order valence-electron chi connectivity index (χ1n) is 13.8. The predicted octanol–water partition coefficient (Wildman–Crippen LogP) is 3.06. The van der Waals surface area contributed by atoms with E-state index in [-0.39, 0.29) is 18.2 Å². The molecule has 1 heterocycles. The average Bonchev–Trinajstić information content (AvgIpc) is 2.86. The van der Waals surface area contributed by atoms with Crippen LogP contribution in [0.5, 0.6) is 0 Å². The summed E-state index contributed by atoms with van der Waals surface area (Å²) in [6, 6.07) is 0.777. The normalized spacial score (nSPS) is 40.4. The number of hydrogen-bond donors (Lipinski definition) is 5. The Labute approximate surface area is 200 Å². The van der Waals surface area contributed by atoms with Gasteiger partial charge in [0.1, 0.15) is 6.29 Å². The molecule has 0 unspecified atom stereocenters. The van der Waals surface area contributed by atoms with Crippen molar-refractivity contribution in [3.8, 4) is 0 Å². The number of hydrogen-bond acceptors (Lipinski definition) is 6. The zero-order valence-electron chi connectivity index (χ0n) is 20.7. The van der Waals surface area contributed by atoms with E-state index >= 15 is 0 Å². The summed E-state index contributed by atoms with van der Waals surface area (Å²) in [6.45, 7) is 3.20. The van der Waals surface area contributed by atoms with E-state index in [1.165, 1.54) is 57.8 Å². The molecular weight excluding hydrogens is 416 g/mol. The molecule has 5 N–H and O–H groups in total. The summed E-state index contributed by atoms with van der Waals surface area (Å²) in [5.74, 6) is 1.55. The molecule has 0 radical (unpaired) electrons. The van der Waals surface area contributed by atoms with E-state index in [4.69, 9.17) is 4.74 Å². The summed E-state index contributed by atoms with van der Waals surface area (Å²) in [7, 11) is 1.85. The highest BCUT2D eigenvalue weighted by Gasteiger charge is 2.32. The molecule has 0 aromatic rings. The largest absolute Gasteiger partial charge is 0.481 e. The number of rotatable bonds is 9. The number of aliphatic carboxylic acids is 1. The lowest BCUT2D eigenvalue weighted by Gasteiger charge is -2.40. The topological polar surface area (TPSA) is 94.7 Å². The van der Waals surface area contributed by atoms with E-state index in [2.05, 4.69) is 21.3 Å². The quantitative estimate of drug-likeness (QED) is 0.358. The molecule has 2 atom stereocenters. The fourth-order valence-electron chi connectivity index (χ4n) is 6.93. The number of carbonyl (C=O) groups is 1. The molecular formula is C26H48N4O3. The zero-order chi connectivity index (χ0) is 23.0. The monoisotopic (exact) mass is 464 g/mol. The molecule has 0 amide bonds. The van der Waals surface area contributed by atoms with E-state index in [0.717, 1.165) is 63.1 Å². The van der Waals surface area contributed by atoms with E-state index in [9.17, 15) is 9.90 Å². The van der Waals surface area contributed by atoms with Crippen molar-refractivity contribution >= 4 is 5.97 Å². The molecule has 3 saturated carbocycles. The predicted molar refractivity (Wildman–Crippen MR) is 131 cm³/mol. The summed E-state index contributed by atoms with van der Waals surface area (Å²) in [5, 5.41) is 24.3. The summed E-state index contributed by atoms with van der Waals surface area (Å²) in [5.41, 5.74) is 0. The first kappa shape index (κ1) is 25.4. The van der Waals surface area contributed by atoms with Gasteiger partial charge in [-0.15, -0.1) is 0 Å². The molecule has 0 aromatic heterocycles. The van der Waals surface area contributed by atoms with Crippen molar-refractivity contribution in [3.05, 3.63) is 0 Å². The number of ether oxygens (including phenoxy) is 1. The smallest absolute Gasteiger partial charge is 0.308 e. The lowest BCUT2D eigenvalue weighted by atomic mass is 9.78. The van der Waals surface area contributed by atoms with E-state index in [1.54, 1.807) is 0 Å². The molecule has 1 saturated heterocycles. The van der Waals surface area contributed by atoms with Crippen LogP contribution in [0.2, 0.25) is 0 Å². The molecule has 33 heavy (non-hydrogen) atoms. The summed E-state index contributed by atoms with van der Waals surface area (Å²) < 4.78 is 5.53. The molecule has 4 fully saturated rings. The molecule has 3 aliphatic carbocycles. The highest BCUT2D eigenvalue weighted by atomic mass is 16.5. The van der Waals surface area contributed by atoms with Crippen molar-refractivity contribution in [2.75, 3.05) is 26.7 Å². The third-order valence-electron chi connectivity index (χ3n) is 9.18. The van der Waals surface area contributed by atoms with Crippen LogP contribution in [0, 0.1) is 23.7 Å². The Morgan fingerprint density at radius 1 is 0.909 bits per heavy atom. The minimum absolute atomic E-state index is 0.177. The first-order valence-corrected chi connectivity index (χ1v) is 13.8. The fourth-order valence-corrected chi connectivity index (χ4v) is 6.93. The molecule has 1 aliphatic heterocycles. The van der Waals surface area contributed by atoms with Gasteiger partial charge in [-0.25, -0.2) is 0 Å². The molecule has 0 spiro atoms. The van der Waals surface area contributed by atoms with Gasteiger partial charge in [0.15, 0.2) is 0 Å². The van der Waals surface area contributed by atoms with Gasteiger partial charge in [0.25, 0.3) is 0 Å². The Bertz CT molecular complexity index is 582. The van der Waals surface area contributed by atoms with Gasteiger partial charge in [0.05, 0.1) is 12.0 Å². The van der Waals surface area contributed by atoms with E-state index in [1.807, 2.05) is 7.11 Å². The van der Waals surface area contributed by atoms with Crippen LogP contribution in [0.4, 0.5) is 0 Å². The van der Waals surface area contributed by atoms with Crippen LogP contribution in [0.1, 0.15) is 83.5 Å². The van der Waals surface area contributed by atoms with Crippen molar-refractivity contribution in [2.45, 2.75) is 108 Å². The Kier molecular flexibility index (Phi) is 9.86. The van der Waals surface area contributed by atoms with Crippen molar-refractivity contribution in [1.82, 2.24) is 21.3 Å². The van der Waals surface area contributed by atoms with Gasteiger partial charge in [-0.3, -0.25) is 20.7 Å². The molecule has 7 heteroatoms. The minimum atomic E-state index is -0.617. The van der Waals surface area contributed by atoms with E-state index in [0.29, 0.717) is 12.1 Å². The second-order valence-corrected chi connectivity index (χ2v) is 11.2. The maximum atomic E-state index is 11.5. The Morgan fingerprint density at radius 2 is 1.61 bits per heavy atom. The van der Waals surface area contributed by atoms with Crippen LogP contribution in [-0.4, -0.2) is 62.3 Å². The first-order chi connectivity index (χ1) is 16.1. The van der Waals surface area contributed by atoms with Gasteiger partial charge >= 0.3 is 5.97 Å². The molecule has 190 valence electrons. The lowest BCUT2D eigenvalue weighted by molar-refractivity contribution is -0.143. The SMILES string of the molecule is COC1CCC(C2CNC(NC3CCC(CCN[C@H]4CCCC[C@H]4C(=O)O)CC3)NC2)CC1. The summed E-state index contributed by atoms with van der Waals surface area (Å²) >= 11 is 0. The maximum Gasteiger partial charge on any atom is 0.308 e. The van der Waals surface area contributed by atoms with Gasteiger partial charge in [0.2, 0.25) is 0 Å². The number of methoxy groups -OCH3 is 1. The van der Waals surface area contributed by atoms with Gasteiger partial charge in [0, 0.05) is 32.3 Å². The van der Waals surface area contributed by atoms with Crippen LogP contribution < -0.4 is 21.3 Å².